The lowest BCUT2D eigenvalue weighted by atomic mass is 10.0. The molecule has 1 amide bonds. The molecule has 1 atom stereocenters. The fraction of sp³-hybridized carbons (Fsp3) is 0.462. The van der Waals surface area contributed by atoms with E-state index in [1.54, 1.807) is 24.3 Å². The monoisotopic (exact) mass is 270 g/mol. The van der Waals surface area contributed by atoms with Gasteiger partial charge in [0.1, 0.15) is 5.75 Å². The molecule has 1 aliphatic rings. The number of aromatic hydroxyl groups is 1. The van der Waals surface area contributed by atoms with E-state index in [4.69, 9.17) is 5.11 Å². The number of hydrogen-bond donors (Lipinski definition) is 3. The van der Waals surface area contributed by atoms with Gasteiger partial charge in [0, 0.05) is 12.1 Å². The van der Waals surface area contributed by atoms with E-state index in [-0.39, 0.29) is 24.1 Å². The van der Waals surface area contributed by atoms with Gasteiger partial charge in [0.15, 0.2) is 0 Å². The van der Waals surface area contributed by atoms with Gasteiger partial charge in [0.25, 0.3) is 0 Å². The summed E-state index contributed by atoms with van der Waals surface area (Å²) in [6, 6.07) is 6.53. The van der Waals surface area contributed by atoms with E-state index < -0.39 is 0 Å². The first-order valence-electron chi connectivity index (χ1n) is 6.03. The summed E-state index contributed by atoms with van der Waals surface area (Å²) in [7, 11) is 0. The molecule has 0 spiro atoms. The molecule has 0 aromatic heterocycles. The summed E-state index contributed by atoms with van der Waals surface area (Å²) in [5.74, 6) is 0.892. The van der Waals surface area contributed by atoms with Crippen LogP contribution in [0.4, 0.5) is 5.69 Å². The molecule has 4 nitrogen and oxygen atoms in total. The van der Waals surface area contributed by atoms with Gasteiger partial charge in [-0.3, -0.25) is 4.79 Å². The second-order valence-electron chi connectivity index (χ2n) is 4.49. The van der Waals surface area contributed by atoms with Crippen LogP contribution in [0.5, 0.6) is 5.75 Å². The van der Waals surface area contributed by atoms with Crippen molar-refractivity contribution < 1.29 is 9.90 Å². The number of halogens is 1. The first-order chi connectivity index (χ1) is 8.24. The number of carbonyl (C=O) groups excluding carboxylic acids is 1. The van der Waals surface area contributed by atoms with E-state index in [9.17, 15) is 4.79 Å². The van der Waals surface area contributed by atoms with Crippen LogP contribution in [0.3, 0.4) is 0 Å². The molecule has 1 aromatic carbocycles. The zero-order valence-electron chi connectivity index (χ0n) is 10.2. The Labute approximate surface area is 113 Å². The van der Waals surface area contributed by atoms with Crippen LogP contribution >= 0.6 is 12.4 Å². The van der Waals surface area contributed by atoms with E-state index in [2.05, 4.69) is 10.6 Å². The molecule has 1 aliphatic heterocycles. The minimum atomic E-state index is 0. The van der Waals surface area contributed by atoms with Crippen molar-refractivity contribution in [2.75, 3.05) is 18.4 Å². The van der Waals surface area contributed by atoms with Crippen LogP contribution in [0.2, 0.25) is 0 Å². The molecule has 0 radical (unpaired) electrons. The maximum atomic E-state index is 11.7. The zero-order chi connectivity index (χ0) is 12.1. The van der Waals surface area contributed by atoms with Crippen LogP contribution in [0.25, 0.3) is 0 Å². The highest BCUT2D eigenvalue weighted by atomic mass is 35.5. The summed E-state index contributed by atoms with van der Waals surface area (Å²) < 4.78 is 0. The maximum absolute atomic E-state index is 11.7. The highest BCUT2D eigenvalue weighted by Crippen LogP contribution is 2.16. The highest BCUT2D eigenvalue weighted by Gasteiger charge is 2.15. The average Bonchev–Trinajstić information content (AvgIpc) is 2.83. The lowest BCUT2D eigenvalue weighted by Gasteiger charge is -2.08. The largest absolute Gasteiger partial charge is 0.508 e. The Morgan fingerprint density at radius 3 is 2.72 bits per heavy atom. The summed E-state index contributed by atoms with van der Waals surface area (Å²) in [4.78, 5) is 11.7. The molecular weight excluding hydrogens is 252 g/mol. The summed E-state index contributed by atoms with van der Waals surface area (Å²) >= 11 is 0. The van der Waals surface area contributed by atoms with Gasteiger partial charge < -0.3 is 15.7 Å². The topological polar surface area (TPSA) is 61.4 Å². The molecule has 18 heavy (non-hydrogen) atoms. The van der Waals surface area contributed by atoms with E-state index in [1.165, 1.54) is 6.42 Å². The van der Waals surface area contributed by atoms with E-state index in [0.29, 0.717) is 12.3 Å². The lowest BCUT2D eigenvalue weighted by Crippen LogP contribution is -2.14. The van der Waals surface area contributed by atoms with Crippen molar-refractivity contribution in [2.24, 2.45) is 5.92 Å². The fourth-order valence-electron chi connectivity index (χ4n) is 2.06. The quantitative estimate of drug-likeness (QED) is 0.735. The first kappa shape index (κ1) is 14.8. The first-order valence-corrected chi connectivity index (χ1v) is 6.03. The normalized spacial score (nSPS) is 18.1. The minimum Gasteiger partial charge on any atom is -0.508 e. The van der Waals surface area contributed by atoms with Crippen LogP contribution in [0, 0.1) is 5.92 Å². The third-order valence-electron chi connectivity index (χ3n) is 3.09. The van der Waals surface area contributed by atoms with Crippen molar-refractivity contribution in [3.63, 3.8) is 0 Å². The number of amides is 1. The predicted molar refractivity (Wildman–Crippen MR) is 74.2 cm³/mol. The zero-order valence-corrected chi connectivity index (χ0v) is 11.0. The van der Waals surface area contributed by atoms with Crippen LogP contribution in [-0.2, 0) is 4.79 Å². The molecule has 2 rings (SSSR count). The Bertz CT molecular complexity index is 375. The Hall–Kier alpha value is -1.26. The minimum absolute atomic E-state index is 0. The van der Waals surface area contributed by atoms with Crippen LogP contribution < -0.4 is 10.6 Å². The Morgan fingerprint density at radius 1 is 1.39 bits per heavy atom. The molecule has 1 heterocycles. The number of rotatable bonds is 4. The summed E-state index contributed by atoms with van der Waals surface area (Å²) in [6.45, 7) is 2.11. The molecule has 100 valence electrons. The van der Waals surface area contributed by atoms with Crippen molar-refractivity contribution in [1.29, 1.82) is 0 Å². The van der Waals surface area contributed by atoms with Gasteiger partial charge in [-0.1, -0.05) is 0 Å². The number of benzene rings is 1. The number of phenolic OH excluding ortho intramolecular Hbond substituents is 1. The number of carbonyl (C=O) groups is 1. The second-order valence-corrected chi connectivity index (χ2v) is 4.49. The van der Waals surface area contributed by atoms with Crippen LogP contribution in [0.1, 0.15) is 19.3 Å². The summed E-state index contributed by atoms with van der Waals surface area (Å²) in [5, 5.41) is 15.2. The maximum Gasteiger partial charge on any atom is 0.224 e. The van der Waals surface area contributed by atoms with Gasteiger partial charge in [0.05, 0.1) is 0 Å². The smallest absolute Gasteiger partial charge is 0.224 e. The molecule has 3 N–H and O–H groups in total. The predicted octanol–water partition coefficient (Wildman–Crippen LogP) is 2.14. The highest BCUT2D eigenvalue weighted by molar-refractivity contribution is 5.90. The van der Waals surface area contributed by atoms with E-state index in [0.717, 1.165) is 25.2 Å². The standard InChI is InChI=1S/C13H18N2O2.ClH/c16-12-4-2-11(3-5-12)15-13(17)6-1-10-7-8-14-9-10;/h2-5,10,14,16H,1,6-9H2,(H,15,17);1H. The molecule has 1 aromatic rings. The van der Waals surface area contributed by atoms with Crippen molar-refractivity contribution in [1.82, 2.24) is 5.32 Å². The molecule has 1 unspecified atom stereocenters. The molecule has 0 aliphatic carbocycles. The van der Waals surface area contributed by atoms with Gasteiger partial charge in [-0.25, -0.2) is 0 Å². The Balaban J connectivity index is 0.00000162. The summed E-state index contributed by atoms with van der Waals surface area (Å²) in [6.07, 6.45) is 2.68. The average molecular weight is 271 g/mol. The molecule has 0 bridgehead atoms. The molecule has 5 heteroatoms. The molecule has 0 saturated carbocycles. The van der Waals surface area contributed by atoms with Crippen LogP contribution in [-0.4, -0.2) is 24.1 Å². The van der Waals surface area contributed by atoms with Gasteiger partial charge in [0.2, 0.25) is 5.91 Å². The number of nitrogens with one attached hydrogen (secondary N) is 2. The molecule has 1 fully saturated rings. The second kappa shape index (κ2) is 7.24. The SMILES string of the molecule is Cl.O=C(CCC1CCNC1)Nc1ccc(O)cc1. The third-order valence-corrected chi connectivity index (χ3v) is 3.09. The van der Waals surface area contributed by atoms with Crippen LogP contribution in [0.15, 0.2) is 24.3 Å². The number of anilines is 1. The van der Waals surface area contributed by atoms with Crippen molar-refractivity contribution in [3.8, 4) is 5.75 Å². The third kappa shape index (κ3) is 4.55. The number of phenols is 1. The number of hydrogen-bond acceptors (Lipinski definition) is 3. The Morgan fingerprint density at radius 2 is 2.11 bits per heavy atom. The van der Waals surface area contributed by atoms with E-state index in [1.807, 2.05) is 0 Å². The van der Waals surface area contributed by atoms with Crippen molar-refractivity contribution in [2.45, 2.75) is 19.3 Å². The van der Waals surface area contributed by atoms with Crippen molar-refractivity contribution in [3.05, 3.63) is 24.3 Å². The summed E-state index contributed by atoms with van der Waals surface area (Å²) in [5.41, 5.74) is 0.734. The van der Waals surface area contributed by atoms with E-state index >= 15 is 0 Å². The van der Waals surface area contributed by atoms with Gasteiger partial charge >= 0.3 is 0 Å². The molecular formula is C13H19ClN2O2. The van der Waals surface area contributed by atoms with Crippen molar-refractivity contribution >= 4 is 24.0 Å². The molecule has 1 saturated heterocycles. The van der Waals surface area contributed by atoms with Gasteiger partial charge in [-0.15, -0.1) is 12.4 Å². The van der Waals surface area contributed by atoms with Gasteiger partial charge in [-0.2, -0.15) is 0 Å². The Kier molecular flexibility index (Phi) is 5.95. The lowest BCUT2D eigenvalue weighted by molar-refractivity contribution is -0.116. The fourth-order valence-corrected chi connectivity index (χ4v) is 2.06. The van der Waals surface area contributed by atoms with Gasteiger partial charge in [-0.05, 0) is 56.1 Å².